The second-order valence-electron chi connectivity index (χ2n) is 11.8. The van der Waals surface area contributed by atoms with Crippen LogP contribution in [0.2, 0.25) is 0 Å². The quantitative estimate of drug-likeness (QED) is 0.306. The van der Waals surface area contributed by atoms with Gasteiger partial charge in [0.2, 0.25) is 0 Å². The number of aromatic nitrogens is 4. The molecule has 1 aliphatic rings. The number of nitrogens with two attached hydrogens (primary N) is 1. The fraction of sp³-hybridized carbons (Fsp3) is 0.333. The van der Waals surface area contributed by atoms with E-state index in [4.69, 9.17) is 15.5 Å². The first-order valence-electron chi connectivity index (χ1n) is 14.4. The van der Waals surface area contributed by atoms with Gasteiger partial charge in [0.25, 0.3) is 5.91 Å². The van der Waals surface area contributed by atoms with Gasteiger partial charge in [-0.15, -0.1) is 0 Å². The molecule has 4 aromatic rings. The summed E-state index contributed by atoms with van der Waals surface area (Å²) in [5.41, 5.74) is 10.4. The summed E-state index contributed by atoms with van der Waals surface area (Å²) in [6, 6.07) is 12.7. The Morgan fingerprint density at radius 3 is 2.51 bits per heavy atom. The highest BCUT2D eigenvalue weighted by atomic mass is 16.6. The lowest BCUT2D eigenvalue weighted by Gasteiger charge is -2.30. The van der Waals surface area contributed by atoms with E-state index < -0.39 is 11.6 Å². The topological polar surface area (TPSA) is 127 Å². The molecule has 0 radical (unpaired) electrons. The predicted molar refractivity (Wildman–Crippen MR) is 166 cm³/mol. The summed E-state index contributed by atoms with van der Waals surface area (Å²) < 4.78 is 5.50. The lowest BCUT2D eigenvalue weighted by Crippen LogP contribution is -2.39. The van der Waals surface area contributed by atoms with Gasteiger partial charge in [-0.1, -0.05) is 12.1 Å². The number of aryl methyl sites for hydroxylation is 1. The van der Waals surface area contributed by atoms with Crippen LogP contribution in [0.3, 0.4) is 0 Å². The highest BCUT2D eigenvalue weighted by Crippen LogP contribution is 2.27. The number of hydrogen-bond acceptors (Lipinski definition) is 8. The number of anilines is 1. The van der Waals surface area contributed by atoms with Crippen LogP contribution in [-0.4, -0.2) is 60.4 Å². The Bertz CT molecular complexity index is 1660. The fourth-order valence-electron chi connectivity index (χ4n) is 4.95. The van der Waals surface area contributed by atoms with Crippen LogP contribution in [0.5, 0.6) is 0 Å². The molecule has 1 atom stereocenters. The zero-order valence-electron chi connectivity index (χ0n) is 25.2. The maximum Gasteiger partial charge on any atom is 0.410 e. The molecular formula is C33H37N7O3. The van der Waals surface area contributed by atoms with Crippen LogP contribution in [0.15, 0.2) is 67.1 Å². The van der Waals surface area contributed by atoms with Crippen molar-refractivity contribution in [2.45, 2.75) is 59.2 Å². The number of pyridine rings is 2. The summed E-state index contributed by atoms with van der Waals surface area (Å²) in [6.07, 6.45) is 7.61. The molecule has 5 rings (SSSR count). The first-order valence-corrected chi connectivity index (χ1v) is 14.4. The molecule has 0 bridgehead atoms. The molecule has 0 saturated carbocycles. The number of hydrogen-bond donors (Lipinski definition) is 1. The molecule has 222 valence electrons. The van der Waals surface area contributed by atoms with Gasteiger partial charge in [-0.25, -0.2) is 19.7 Å². The van der Waals surface area contributed by atoms with Gasteiger partial charge in [0.15, 0.2) is 0 Å². The zero-order chi connectivity index (χ0) is 30.7. The molecule has 0 fully saturated rings. The highest BCUT2D eigenvalue weighted by Gasteiger charge is 2.27. The van der Waals surface area contributed by atoms with E-state index in [9.17, 15) is 9.59 Å². The second kappa shape index (κ2) is 12.2. The van der Waals surface area contributed by atoms with Gasteiger partial charge < -0.3 is 20.3 Å². The average molecular weight is 580 g/mol. The maximum atomic E-state index is 14.0. The smallest absolute Gasteiger partial charge is 0.410 e. The van der Waals surface area contributed by atoms with Crippen molar-refractivity contribution < 1.29 is 14.3 Å². The molecule has 1 aromatic carbocycles. The van der Waals surface area contributed by atoms with Crippen molar-refractivity contribution in [1.82, 2.24) is 29.7 Å². The van der Waals surface area contributed by atoms with Gasteiger partial charge in [0, 0.05) is 42.6 Å². The molecule has 3 aromatic heterocycles. The van der Waals surface area contributed by atoms with Crippen LogP contribution in [0.1, 0.15) is 73.2 Å². The Hall–Kier alpha value is -4.86. The van der Waals surface area contributed by atoms with Gasteiger partial charge >= 0.3 is 6.09 Å². The molecule has 1 aliphatic heterocycles. The molecule has 2 N–H and O–H groups in total. The highest BCUT2D eigenvalue weighted by molar-refractivity contribution is 5.98. The normalized spacial score (nSPS) is 14.3. The zero-order valence-corrected chi connectivity index (χ0v) is 25.2. The van der Waals surface area contributed by atoms with Crippen LogP contribution in [0, 0.1) is 6.92 Å². The lowest BCUT2D eigenvalue weighted by molar-refractivity contribution is 0.0270. The monoisotopic (exact) mass is 579 g/mol. The molecular weight excluding hydrogens is 542 g/mol. The SMILES string of the molecule is Cc1cc2cc(C(=O)N(Cc3ccc(C4=CCN(C(=O)OC(C)(C)C)CC4)cn3)[C@H](C)c3ncccn3)ccc2nc1N. The van der Waals surface area contributed by atoms with Gasteiger partial charge in [0.1, 0.15) is 17.2 Å². The van der Waals surface area contributed by atoms with E-state index in [0.29, 0.717) is 36.7 Å². The first-order chi connectivity index (χ1) is 20.5. The summed E-state index contributed by atoms with van der Waals surface area (Å²) in [4.78, 5) is 47.8. The summed E-state index contributed by atoms with van der Waals surface area (Å²) in [6.45, 7) is 10.7. The summed E-state index contributed by atoms with van der Waals surface area (Å²) >= 11 is 0. The number of rotatable bonds is 6. The standard InChI is InChI=1S/C33H37N7O3/c1-21-17-26-18-24(8-10-28(26)38-29(21)34)31(41)40(22(2)30-35-13-6-14-36-30)20-27-9-7-25(19-37-27)23-11-15-39(16-12-23)32(42)43-33(3,4)5/h6-11,13-14,17-19,22H,12,15-16,20H2,1-5H3,(H2,34,38)/t22-/m1/s1. The number of nitrogen functional groups attached to an aromatic ring is 1. The molecule has 10 nitrogen and oxygen atoms in total. The minimum absolute atomic E-state index is 0.167. The molecule has 4 heterocycles. The Labute approximate surface area is 251 Å². The van der Waals surface area contributed by atoms with Gasteiger partial charge in [-0.05, 0) is 94.1 Å². The van der Waals surface area contributed by atoms with Gasteiger partial charge in [0.05, 0.1) is 23.8 Å². The maximum absolute atomic E-state index is 14.0. The molecule has 10 heteroatoms. The van der Waals surface area contributed by atoms with Crippen molar-refractivity contribution in [3.8, 4) is 0 Å². The number of fused-ring (bicyclic) bond motifs is 1. The van der Waals surface area contributed by atoms with E-state index in [2.05, 4.69) is 15.0 Å². The fourth-order valence-corrected chi connectivity index (χ4v) is 4.95. The van der Waals surface area contributed by atoms with Crippen molar-refractivity contribution >= 4 is 34.3 Å². The van der Waals surface area contributed by atoms with Crippen LogP contribution < -0.4 is 5.73 Å². The van der Waals surface area contributed by atoms with E-state index in [1.54, 1.807) is 34.3 Å². The second-order valence-corrected chi connectivity index (χ2v) is 11.8. The third-order valence-electron chi connectivity index (χ3n) is 7.37. The Kier molecular flexibility index (Phi) is 8.38. The number of amides is 2. The minimum Gasteiger partial charge on any atom is -0.444 e. The number of benzene rings is 1. The van der Waals surface area contributed by atoms with E-state index in [0.717, 1.165) is 33.3 Å². The number of nitrogens with zero attached hydrogens (tertiary/aromatic N) is 6. The molecule has 0 saturated heterocycles. The van der Waals surface area contributed by atoms with Crippen molar-refractivity contribution in [2.24, 2.45) is 0 Å². The van der Waals surface area contributed by atoms with E-state index in [-0.39, 0.29) is 18.5 Å². The molecule has 0 aliphatic carbocycles. The number of carbonyl (C=O) groups excluding carboxylic acids is 2. The number of ether oxygens (including phenoxy) is 1. The van der Waals surface area contributed by atoms with E-state index >= 15 is 0 Å². The minimum atomic E-state index is -0.528. The molecule has 0 unspecified atom stereocenters. The third kappa shape index (κ3) is 6.97. The Morgan fingerprint density at radius 1 is 1.09 bits per heavy atom. The lowest BCUT2D eigenvalue weighted by atomic mass is 10.0. The van der Waals surface area contributed by atoms with Crippen LogP contribution in [-0.2, 0) is 11.3 Å². The molecule has 0 spiro atoms. The van der Waals surface area contributed by atoms with Crippen LogP contribution >= 0.6 is 0 Å². The summed E-state index contributed by atoms with van der Waals surface area (Å²) in [5.74, 6) is 0.849. The largest absolute Gasteiger partial charge is 0.444 e. The van der Waals surface area contributed by atoms with Gasteiger partial charge in [-0.2, -0.15) is 0 Å². The Morgan fingerprint density at radius 2 is 1.86 bits per heavy atom. The van der Waals surface area contributed by atoms with Crippen molar-refractivity contribution in [3.05, 3.63) is 95.3 Å². The first kappa shape index (κ1) is 29.6. The van der Waals surface area contributed by atoms with E-state index in [1.807, 2.05) is 77.2 Å². The Balaban J connectivity index is 1.36. The molecule has 43 heavy (non-hydrogen) atoms. The van der Waals surface area contributed by atoms with Crippen molar-refractivity contribution in [2.75, 3.05) is 18.8 Å². The average Bonchev–Trinajstić information content (AvgIpc) is 2.99. The summed E-state index contributed by atoms with van der Waals surface area (Å²) in [5, 5.41) is 0.842. The predicted octanol–water partition coefficient (Wildman–Crippen LogP) is 5.74. The van der Waals surface area contributed by atoms with Crippen molar-refractivity contribution in [3.63, 3.8) is 0 Å². The van der Waals surface area contributed by atoms with Crippen molar-refractivity contribution in [1.29, 1.82) is 0 Å². The van der Waals surface area contributed by atoms with Crippen LogP contribution in [0.4, 0.5) is 10.6 Å². The molecule has 2 amide bonds. The van der Waals surface area contributed by atoms with Crippen LogP contribution in [0.25, 0.3) is 16.5 Å². The third-order valence-corrected chi connectivity index (χ3v) is 7.37. The van der Waals surface area contributed by atoms with Gasteiger partial charge in [-0.3, -0.25) is 9.78 Å². The van der Waals surface area contributed by atoms with E-state index in [1.165, 1.54) is 0 Å². The number of carbonyl (C=O) groups is 2. The summed E-state index contributed by atoms with van der Waals surface area (Å²) in [7, 11) is 0.